The summed E-state index contributed by atoms with van der Waals surface area (Å²) in [4.78, 5) is 14.0. The predicted octanol–water partition coefficient (Wildman–Crippen LogP) is 2.07. The zero-order valence-corrected chi connectivity index (χ0v) is 10.3. The van der Waals surface area contributed by atoms with Crippen molar-refractivity contribution in [1.82, 2.24) is 4.98 Å². The third-order valence-electron chi connectivity index (χ3n) is 3.58. The monoisotopic (exact) mass is 236 g/mol. The summed E-state index contributed by atoms with van der Waals surface area (Å²) >= 11 is 0. The van der Waals surface area contributed by atoms with Crippen molar-refractivity contribution in [2.45, 2.75) is 51.5 Å². The second-order valence-corrected chi connectivity index (χ2v) is 4.87. The molecule has 0 fully saturated rings. The minimum Gasteiger partial charge on any atom is -0.481 e. The highest BCUT2D eigenvalue weighted by atomic mass is 16.4. The number of rotatable bonds is 4. The van der Waals surface area contributed by atoms with Gasteiger partial charge in [0.25, 0.3) is 0 Å². The number of aryl methyl sites for hydroxylation is 2. The van der Waals surface area contributed by atoms with Gasteiger partial charge in [-0.05, 0) is 50.2 Å². The minimum absolute atomic E-state index is 0.139. The normalized spacial score (nSPS) is 16.6. The number of hydrogen-bond acceptors (Lipinski definition) is 2. The van der Waals surface area contributed by atoms with Crippen LogP contribution in [0.15, 0.2) is 0 Å². The van der Waals surface area contributed by atoms with Gasteiger partial charge in [0.2, 0.25) is 0 Å². The fourth-order valence-electron chi connectivity index (χ4n) is 2.79. The zero-order chi connectivity index (χ0) is 12.4. The number of aliphatic carboxylic acids is 1. The van der Waals surface area contributed by atoms with Gasteiger partial charge in [-0.15, -0.1) is 0 Å². The van der Waals surface area contributed by atoms with Crippen LogP contribution in [-0.4, -0.2) is 16.1 Å². The lowest BCUT2D eigenvalue weighted by atomic mass is 9.90. The standard InChI is InChI=1S/C13H20N2O2/c1-8-13(10(14)6-7-12(16)17)9-4-2-3-5-11(9)15-8/h10,15H,2-7,14H2,1H3,(H,16,17). The van der Waals surface area contributed by atoms with Crippen LogP contribution in [0.2, 0.25) is 0 Å². The van der Waals surface area contributed by atoms with Gasteiger partial charge in [0.1, 0.15) is 0 Å². The predicted molar refractivity (Wildman–Crippen MR) is 66.0 cm³/mol. The van der Waals surface area contributed by atoms with Crippen LogP contribution in [0.5, 0.6) is 0 Å². The fraction of sp³-hybridized carbons (Fsp3) is 0.615. The Morgan fingerprint density at radius 3 is 2.88 bits per heavy atom. The first-order valence-electron chi connectivity index (χ1n) is 6.27. The minimum atomic E-state index is -0.775. The molecule has 0 saturated carbocycles. The van der Waals surface area contributed by atoms with Gasteiger partial charge in [0.05, 0.1) is 0 Å². The Hall–Kier alpha value is -1.29. The average Bonchev–Trinajstić information content (AvgIpc) is 2.61. The molecule has 1 atom stereocenters. The molecule has 0 bridgehead atoms. The van der Waals surface area contributed by atoms with Gasteiger partial charge >= 0.3 is 5.97 Å². The maximum Gasteiger partial charge on any atom is 0.303 e. The summed E-state index contributed by atoms with van der Waals surface area (Å²) in [6.07, 6.45) is 5.28. The van der Waals surface area contributed by atoms with Gasteiger partial charge in [-0.1, -0.05) is 0 Å². The Bertz CT molecular complexity index is 423. The van der Waals surface area contributed by atoms with Gasteiger partial charge < -0.3 is 15.8 Å². The molecule has 1 heterocycles. The van der Waals surface area contributed by atoms with E-state index < -0.39 is 5.97 Å². The van der Waals surface area contributed by atoms with E-state index in [1.54, 1.807) is 0 Å². The Morgan fingerprint density at radius 2 is 2.18 bits per heavy atom. The Labute approximate surface area is 101 Å². The van der Waals surface area contributed by atoms with E-state index in [0.717, 1.165) is 18.5 Å². The van der Waals surface area contributed by atoms with Crippen LogP contribution in [0.1, 0.15) is 54.2 Å². The molecule has 0 aromatic carbocycles. The molecule has 0 spiro atoms. The first-order chi connectivity index (χ1) is 8.09. The van der Waals surface area contributed by atoms with E-state index in [0.29, 0.717) is 6.42 Å². The van der Waals surface area contributed by atoms with Crippen molar-refractivity contribution < 1.29 is 9.90 Å². The van der Waals surface area contributed by atoms with Crippen LogP contribution in [-0.2, 0) is 17.6 Å². The summed E-state index contributed by atoms with van der Waals surface area (Å²) in [6, 6.07) is -0.149. The second-order valence-electron chi connectivity index (χ2n) is 4.87. The Morgan fingerprint density at radius 1 is 1.47 bits per heavy atom. The van der Waals surface area contributed by atoms with Crippen LogP contribution in [0.25, 0.3) is 0 Å². The van der Waals surface area contributed by atoms with E-state index in [2.05, 4.69) is 4.98 Å². The first kappa shape index (κ1) is 12.2. The SMILES string of the molecule is Cc1[nH]c2c(c1C(N)CCC(=O)O)CCCC2. The lowest BCUT2D eigenvalue weighted by Gasteiger charge is -2.16. The molecule has 1 unspecified atom stereocenters. The molecule has 0 radical (unpaired) electrons. The van der Waals surface area contributed by atoms with E-state index in [1.807, 2.05) is 6.92 Å². The third-order valence-corrected chi connectivity index (χ3v) is 3.58. The molecule has 4 heteroatoms. The van der Waals surface area contributed by atoms with Crippen LogP contribution in [0.4, 0.5) is 0 Å². The summed E-state index contributed by atoms with van der Waals surface area (Å²) < 4.78 is 0. The molecule has 1 aromatic heterocycles. The lowest BCUT2D eigenvalue weighted by Crippen LogP contribution is -2.15. The van der Waals surface area contributed by atoms with Crippen molar-refractivity contribution >= 4 is 5.97 Å². The summed E-state index contributed by atoms with van der Waals surface area (Å²) in [7, 11) is 0. The van der Waals surface area contributed by atoms with Crippen molar-refractivity contribution in [2.75, 3.05) is 0 Å². The Kier molecular flexibility index (Phi) is 3.52. The van der Waals surface area contributed by atoms with Crippen LogP contribution in [0, 0.1) is 6.92 Å². The number of carboxylic acids is 1. The van der Waals surface area contributed by atoms with Crippen LogP contribution < -0.4 is 5.73 Å². The number of carboxylic acid groups (broad SMARTS) is 1. The van der Waals surface area contributed by atoms with Gasteiger partial charge in [-0.3, -0.25) is 4.79 Å². The molecule has 0 saturated heterocycles. The van der Waals surface area contributed by atoms with Crippen LogP contribution >= 0.6 is 0 Å². The van der Waals surface area contributed by atoms with E-state index in [1.165, 1.54) is 29.7 Å². The highest BCUT2D eigenvalue weighted by molar-refractivity contribution is 5.66. The molecule has 1 aliphatic rings. The lowest BCUT2D eigenvalue weighted by molar-refractivity contribution is -0.137. The van der Waals surface area contributed by atoms with E-state index in [9.17, 15) is 4.79 Å². The summed E-state index contributed by atoms with van der Waals surface area (Å²) in [5.41, 5.74) is 11.1. The largest absolute Gasteiger partial charge is 0.481 e. The summed E-state index contributed by atoms with van der Waals surface area (Å²) in [5, 5.41) is 8.70. The van der Waals surface area contributed by atoms with E-state index >= 15 is 0 Å². The quantitative estimate of drug-likeness (QED) is 0.748. The Balaban J connectivity index is 2.19. The first-order valence-corrected chi connectivity index (χ1v) is 6.27. The average molecular weight is 236 g/mol. The maximum absolute atomic E-state index is 10.6. The molecular weight excluding hydrogens is 216 g/mol. The number of nitrogens with two attached hydrogens (primary N) is 1. The van der Waals surface area contributed by atoms with Crippen molar-refractivity contribution in [3.8, 4) is 0 Å². The van der Waals surface area contributed by atoms with Crippen molar-refractivity contribution in [1.29, 1.82) is 0 Å². The topological polar surface area (TPSA) is 79.1 Å². The molecule has 1 aliphatic carbocycles. The molecule has 17 heavy (non-hydrogen) atoms. The van der Waals surface area contributed by atoms with Gasteiger partial charge in [-0.2, -0.15) is 0 Å². The number of fused-ring (bicyclic) bond motifs is 1. The molecule has 94 valence electrons. The second kappa shape index (κ2) is 4.92. The van der Waals surface area contributed by atoms with E-state index in [4.69, 9.17) is 10.8 Å². The van der Waals surface area contributed by atoms with Crippen molar-refractivity contribution in [2.24, 2.45) is 5.73 Å². The molecule has 1 aromatic rings. The molecule has 4 N–H and O–H groups in total. The smallest absolute Gasteiger partial charge is 0.303 e. The molecule has 0 amide bonds. The zero-order valence-electron chi connectivity index (χ0n) is 10.3. The number of aromatic amines is 1. The summed E-state index contributed by atoms with van der Waals surface area (Å²) in [5.74, 6) is -0.775. The number of nitrogens with one attached hydrogen (secondary N) is 1. The maximum atomic E-state index is 10.6. The van der Waals surface area contributed by atoms with E-state index in [-0.39, 0.29) is 12.5 Å². The third kappa shape index (κ3) is 2.52. The highest BCUT2D eigenvalue weighted by Gasteiger charge is 2.22. The molecule has 0 aliphatic heterocycles. The summed E-state index contributed by atoms with van der Waals surface area (Å²) in [6.45, 7) is 2.04. The number of aromatic nitrogens is 1. The van der Waals surface area contributed by atoms with Crippen LogP contribution in [0.3, 0.4) is 0 Å². The number of hydrogen-bond donors (Lipinski definition) is 3. The van der Waals surface area contributed by atoms with Crippen molar-refractivity contribution in [3.05, 3.63) is 22.5 Å². The fourth-order valence-corrected chi connectivity index (χ4v) is 2.79. The molecule has 4 nitrogen and oxygen atoms in total. The number of carbonyl (C=O) groups is 1. The number of H-pyrrole nitrogens is 1. The van der Waals surface area contributed by atoms with Gasteiger partial charge in [-0.25, -0.2) is 0 Å². The molecular formula is C13H20N2O2. The molecule has 2 rings (SSSR count). The van der Waals surface area contributed by atoms with Gasteiger partial charge in [0, 0.05) is 23.9 Å². The highest BCUT2D eigenvalue weighted by Crippen LogP contribution is 2.31. The van der Waals surface area contributed by atoms with Crippen molar-refractivity contribution in [3.63, 3.8) is 0 Å². The van der Waals surface area contributed by atoms with Gasteiger partial charge in [0.15, 0.2) is 0 Å².